The fraction of sp³-hybridized carbons (Fsp3) is 0.482. The molecule has 0 radical (unpaired) electrons. The van der Waals surface area contributed by atoms with Gasteiger partial charge in [-0.15, -0.1) is 26.3 Å². The predicted octanol–water partition coefficient (Wildman–Crippen LogP) is 18.7. The number of carbonyl (C=O) groups is 8. The SMILES string of the molecule is C.C=C[C@@H]1CCCCOc2ccc(cc2)C[C@H](CS(=O)(=O)c2ccc(F)cc2)C(=O)N[C@@H](C(C)C)C(=O)C1.C=C[C@@H]1CCCCOc2ccc(cc2)C[C@H](CS(C)(=O)=O)C(=O)N[C@@H](C(C)C)C(=O)C1.C=C[C@@H]1CCCOc2ccc(cc2)C[C@H](CS(=O)(=O)c2ccc(F)cc2)C(=O)N[C@@H](C(C)C)C(=O)C1.C=C[C@@H]1CSCCCCOc2ccc(cc2)C[C@H](CS(=O)(=O)c2ccc(F)cc2)C(=O)N[C@@H](C(C)C)C(=O)C1. The van der Waals surface area contributed by atoms with E-state index >= 15 is 0 Å². The van der Waals surface area contributed by atoms with Crippen molar-refractivity contribution in [2.45, 2.75) is 217 Å². The van der Waals surface area contributed by atoms with Gasteiger partial charge in [0.2, 0.25) is 23.6 Å². The molecule has 8 heterocycles. The first-order valence-electron chi connectivity index (χ1n) is 49.2. The fourth-order valence-corrected chi connectivity index (χ4v) is 24.0. The molecule has 0 unspecified atom stereocenters. The molecule has 0 aliphatic carbocycles. The van der Waals surface area contributed by atoms with Crippen LogP contribution in [0.15, 0.2) is 235 Å². The van der Waals surface area contributed by atoms with Crippen molar-refractivity contribution in [3.63, 3.8) is 0 Å². The Morgan fingerprint density at radius 3 is 0.792 bits per heavy atom. The van der Waals surface area contributed by atoms with Gasteiger partial charge in [-0.2, -0.15) is 11.8 Å². The minimum Gasteiger partial charge on any atom is -0.494 e. The number of amides is 4. The average Bonchev–Trinajstić information content (AvgIpc) is 0.842. The zero-order chi connectivity index (χ0) is 105. The lowest BCUT2D eigenvalue weighted by molar-refractivity contribution is -0.131. The maximum Gasteiger partial charge on any atom is 0.225 e. The lowest BCUT2D eigenvalue weighted by atomic mass is 9.89. The molecule has 0 saturated heterocycles. The first-order chi connectivity index (χ1) is 67.8. The topological polar surface area (TPSA) is 358 Å². The number of benzene rings is 7. The molecule has 4 amide bonds. The molecule has 786 valence electrons. The standard InChI is InChI=1S/C30H38FNO5S2.C29H36FNO5S.C28H34FNO5S.C24H35NO5S.CH4/c1-4-22-18-28(33)29(21(2)3)32-30(34)24(20-39(35,36)27-13-9-25(31)10-14-27)17-23-7-11-26(12-8-23)37-15-5-6-16-38-19-22;1-4-21-7-5-6-16-36-25-12-8-22(9-13-25)17-23(29(33)31-28(20(2)3)27(32)18-21)19-37(34,35)26-14-10-24(30)11-15-26;1-4-20-6-5-15-35-24-11-7-21(8-12-24)16-22(28(32)30-27(19(2)3)26(31)17-20)18-36(33,34)25-13-9-23(29)10-14-25;1-5-18-8-6-7-13-30-21-11-9-19(10-12-21)14-20(16-31(4,28)29)24(27)25-23(17(2)3)22(26)15-18;/h4,7-14,21-22,24,29H,1,5-6,15-20H2,2-3H3,(H,32,34);4,8-15,20-21,23,28H,1,5-7,16-19H2,2-3H3,(H,31,33);4,7-14,19-20,22,27H,1,5-6,15-18H2,2-3H3,(H,30,32);5,9-12,17-18,20,23H,1,6-8,13-16H2,2-4H3,(H,25,27);1H4/t22-,24+,29-;21-,23-,28+;20-,22-,27+;18-,20-,23+;/m0111./s1. The highest BCUT2D eigenvalue weighted by atomic mass is 32.2. The van der Waals surface area contributed by atoms with Gasteiger partial charge in [-0.3, -0.25) is 38.4 Å². The maximum atomic E-state index is 13.6. The molecular formula is C112H147F3N4O20S5. The zero-order valence-electron chi connectivity index (χ0n) is 83.7. The second-order valence-electron chi connectivity index (χ2n) is 38.9. The molecule has 7 aromatic carbocycles. The Labute approximate surface area is 856 Å². The van der Waals surface area contributed by atoms with Crippen molar-refractivity contribution in [3.8, 4) is 23.0 Å². The van der Waals surface area contributed by atoms with Gasteiger partial charge in [0.05, 0.1) is 112 Å². The fourth-order valence-electron chi connectivity index (χ4n) is 17.2. The van der Waals surface area contributed by atoms with E-state index in [1.807, 2.05) is 140 Å². The highest BCUT2D eigenvalue weighted by Gasteiger charge is 2.38. The highest BCUT2D eigenvalue weighted by Crippen LogP contribution is 2.31. The van der Waals surface area contributed by atoms with Crippen LogP contribution in [0.5, 0.6) is 23.0 Å². The number of ether oxygens (including phenoxy) is 4. The quantitative estimate of drug-likeness (QED) is 0.0431. The van der Waals surface area contributed by atoms with Gasteiger partial charge in [0.25, 0.3) is 0 Å². The third-order valence-corrected chi connectivity index (χ3v) is 33.3. The van der Waals surface area contributed by atoms with E-state index in [-0.39, 0.29) is 143 Å². The van der Waals surface area contributed by atoms with Crippen LogP contribution in [-0.4, -0.2) is 172 Å². The molecule has 15 rings (SSSR count). The first-order valence-corrected chi connectivity index (χ1v) is 57.4. The normalized spacial score (nSPS) is 22.5. The number of ketones is 4. The Morgan fingerprint density at radius 2 is 0.549 bits per heavy atom. The lowest BCUT2D eigenvalue weighted by Gasteiger charge is -2.26. The molecule has 0 aromatic heterocycles. The Bertz CT molecular complexity index is 5830. The summed E-state index contributed by atoms with van der Waals surface area (Å²) in [5, 5.41) is 11.4. The van der Waals surface area contributed by atoms with E-state index < -0.39 is 146 Å². The molecule has 32 heteroatoms. The van der Waals surface area contributed by atoms with Crippen molar-refractivity contribution in [2.75, 3.05) is 67.2 Å². The summed E-state index contributed by atoms with van der Waals surface area (Å²) in [6.07, 6.45) is 18.5. The van der Waals surface area contributed by atoms with Crippen molar-refractivity contribution >= 4 is 97.9 Å². The van der Waals surface area contributed by atoms with E-state index in [0.29, 0.717) is 50.1 Å². The number of Topliss-reactive ketones (excluding diaryl/α,β-unsaturated/α-hetero) is 4. The van der Waals surface area contributed by atoms with Gasteiger partial charge in [-0.25, -0.2) is 46.8 Å². The summed E-state index contributed by atoms with van der Waals surface area (Å²) in [4.78, 5) is 106. The summed E-state index contributed by atoms with van der Waals surface area (Å²) < 4.78 is 166. The van der Waals surface area contributed by atoms with Crippen molar-refractivity contribution in [1.29, 1.82) is 0 Å². The van der Waals surface area contributed by atoms with Gasteiger partial charge in [-0.1, -0.05) is 136 Å². The Hall–Kier alpha value is -10.8. The van der Waals surface area contributed by atoms with E-state index in [4.69, 9.17) is 18.9 Å². The van der Waals surface area contributed by atoms with Crippen LogP contribution < -0.4 is 40.2 Å². The summed E-state index contributed by atoms with van der Waals surface area (Å²) in [7, 11) is -15.1. The molecule has 4 N–H and O–H groups in total. The molecule has 12 atom stereocenters. The van der Waals surface area contributed by atoms with Gasteiger partial charge in [-0.05, 0) is 292 Å². The summed E-state index contributed by atoms with van der Waals surface area (Å²) in [6.45, 7) is 32.6. The number of carbonyl (C=O) groups excluding carboxylic acids is 8. The van der Waals surface area contributed by atoms with Crippen LogP contribution in [0.25, 0.3) is 0 Å². The second-order valence-corrected chi connectivity index (χ2v) is 48.3. The molecule has 144 heavy (non-hydrogen) atoms. The first kappa shape index (κ1) is 120. The number of nitrogens with one attached hydrogen (secondary N) is 4. The van der Waals surface area contributed by atoms with Gasteiger partial charge in [0.1, 0.15) is 50.3 Å². The van der Waals surface area contributed by atoms with Crippen molar-refractivity contribution in [1.82, 2.24) is 21.3 Å². The number of rotatable bonds is 19. The number of thioether (sulfide) groups is 1. The predicted molar refractivity (Wildman–Crippen MR) is 562 cm³/mol. The third kappa shape index (κ3) is 40.5. The summed E-state index contributed by atoms with van der Waals surface area (Å²) in [5.41, 5.74) is 3.15. The number of hydrogen-bond acceptors (Lipinski definition) is 21. The van der Waals surface area contributed by atoms with E-state index in [1.54, 1.807) is 48.2 Å². The Morgan fingerprint density at radius 1 is 0.319 bits per heavy atom. The van der Waals surface area contributed by atoms with Crippen LogP contribution in [-0.2, 0) is 103 Å². The van der Waals surface area contributed by atoms with Gasteiger partial charge < -0.3 is 40.2 Å². The largest absolute Gasteiger partial charge is 0.494 e. The molecule has 8 aliphatic heterocycles. The molecule has 8 aliphatic rings. The number of sulfone groups is 4. The average molecular weight is 2090 g/mol. The molecule has 8 bridgehead atoms. The van der Waals surface area contributed by atoms with Crippen LogP contribution in [0, 0.1) is 88.5 Å². The highest BCUT2D eigenvalue weighted by molar-refractivity contribution is 7.99. The summed E-state index contributed by atoms with van der Waals surface area (Å²) in [6, 6.07) is 39.9. The number of hydrogen-bond donors (Lipinski definition) is 4. The number of fused-ring (bicyclic) bond motifs is 57. The van der Waals surface area contributed by atoms with Crippen LogP contribution in [0.2, 0.25) is 0 Å². The Kier molecular flexibility index (Phi) is 49.3. The monoisotopic (exact) mass is 2080 g/mol. The molecule has 0 fully saturated rings. The smallest absolute Gasteiger partial charge is 0.225 e. The molecule has 24 nitrogen and oxygen atoms in total. The molecule has 0 saturated carbocycles. The van der Waals surface area contributed by atoms with E-state index in [1.165, 1.54) is 36.4 Å². The van der Waals surface area contributed by atoms with E-state index in [2.05, 4.69) is 47.6 Å². The van der Waals surface area contributed by atoms with Gasteiger partial charge >= 0.3 is 0 Å². The minimum absolute atomic E-state index is 0. The van der Waals surface area contributed by atoms with Crippen LogP contribution in [0.1, 0.15) is 175 Å². The van der Waals surface area contributed by atoms with E-state index in [0.717, 1.165) is 146 Å². The van der Waals surface area contributed by atoms with Gasteiger partial charge in [0.15, 0.2) is 52.6 Å². The van der Waals surface area contributed by atoms with Crippen molar-refractivity contribution in [3.05, 3.63) is 260 Å². The van der Waals surface area contributed by atoms with Crippen molar-refractivity contribution in [2.24, 2.45) is 71.0 Å². The van der Waals surface area contributed by atoms with Crippen LogP contribution >= 0.6 is 11.8 Å². The van der Waals surface area contributed by atoms with Crippen LogP contribution in [0.4, 0.5) is 13.2 Å². The lowest BCUT2D eigenvalue weighted by Crippen LogP contribution is -2.48. The number of allylic oxidation sites excluding steroid dienone is 4. The summed E-state index contributed by atoms with van der Waals surface area (Å²) >= 11 is 1.77. The number of halogens is 3. The van der Waals surface area contributed by atoms with Gasteiger partial charge in [0, 0.05) is 31.9 Å². The Balaban J connectivity index is 0.000000261. The molecule has 0 spiro atoms. The molecule has 7 aromatic rings. The third-order valence-electron chi connectivity index (χ3n) is 25.6. The van der Waals surface area contributed by atoms with E-state index in [9.17, 15) is 85.2 Å². The minimum atomic E-state index is -3.91. The van der Waals surface area contributed by atoms with Crippen molar-refractivity contribution < 1.29 is 104 Å². The maximum absolute atomic E-state index is 13.6. The second kappa shape index (κ2) is 59.1. The summed E-state index contributed by atoms with van der Waals surface area (Å²) in [5.74, 6) is -5.42. The zero-order valence-corrected chi connectivity index (χ0v) is 87.8. The van der Waals surface area contributed by atoms with Crippen LogP contribution in [0.3, 0.4) is 0 Å². The molecular weight excluding hydrogens is 1940 g/mol.